The summed E-state index contributed by atoms with van der Waals surface area (Å²) in [6, 6.07) is 0. The van der Waals surface area contributed by atoms with Gasteiger partial charge in [-0.3, -0.25) is 0 Å². The molecule has 168 valence electrons. The van der Waals surface area contributed by atoms with Gasteiger partial charge in [0, 0.05) is 0 Å². The van der Waals surface area contributed by atoms with Crippen molar-refractivity contribution in [3.63, 3.8) is 0 Å². The highest BCUT2D eigenvalue weighted by Gasteiger charge is 2.63. The van der Waals surface area contributed by atoms with Crippen LogP contribution in [0.4, 0.5) is 0 Å². The molecule has 0 rings (SSSR count). The van der Waals surface area contributed by atoms with Gasteiger partial charge in [-0.1, -0.05) is 0 Å². The third-order valence-electron chi connectivity index (χ3n) is 2.36. The first-order chi connectivity index (χ1) is 12.7. The maximum atomic E-state index is 11.3. The fourth-order valence-electron chi connectivity index (χ4n) is 2.08. The summed E-state index contributed by atoms with van der Waals surface area (Å²) in [5.41, 5.74) is -3.25. The molecule has 0 saturated carbocycles. The highest BCUT2D eigenvalue weighted by atomic mass is 28.5. The molecule has 0 aromatic carbocycles. The van der Waals surface area contributed by atoms with Crippen molar-refractivity contribution in [2.45, 2.75) is 105 Å². The number of nitrogens with zero attached hydrogens (tertiary/aromatic N) is 2. The Morgan fingerprint density at radius 3 is 0.862 bits per heavy atom. The largest absolute Gasteiger partial charge is 0.658 e. The second kappa shape index (κ2) is 9.42. The molecule has 0 N–H and O–H groups in total. The summed E-state index contributed by atoms with van der Waals surface area (Å²) in [7, 11) is -8.40. The summed E-state index contributed by atoms with van der Waals surface area (Å²) < 4.78 is 37.8. The van der Waals surface area contributed by atoms with E-state index in [2.05, 4.69) is 9.32 Å². The van der Waals surface area contributed by atoms with Crippen molar-refractivity contribution in [2.24, 2.45) is 9.32 Å². The Morgan fingerprint density at radius 1 is 0.517 bits per heavy atom. The molecule has 29 heavy (non-hydrogen) atoms. The molecule has 0 saturated heterocycles. The van der Waals surface area contributed by atoms with Gasteiger partial charge in [-0.2, -0.15) is 9.32 Å². The van der Waals surface area contributed by atoms with Gasteiger partial charge in [-0.15, -0.1) is 0 Å². The van der Waals surface area contributed by atoms with Crippen LogP contribution in [0.1, 0.15) is 83.1 Å². The predicted octanol–water partition coefficient (Wildman–Crippen LogP) is 3.81. The molecule has 0 atom stereocenters. The molecule has 0 spiro atoms. The van der Waals surface area contributed by atoms with Gasteiger partial charge in [0.1, 0.15) is 0 Å². The zero-order valence-corrected chi connectivity index (χ0v) is 21.8. The Balaban J connectivity index is 6.73. The summed E-state index contributed by atoms with van der Waals surface area (Å²) in [5, 5.41) is 0. The van der Waals surface area contributed by atoms with Gasteiger partial charge in [0.15, 0.2) is 0 Å². The Labute approximate surface area is 176 Å². The molecule has 0 radical (unpaired) electrons. The lowest BCUT2D eigenvalue weighted by Crippen LogP contribution is -2.64. The van der Waals surface area contributed by atoms with E-state index in [4.69, 9.17) is 21.8 Å². The van der Waals surface area contributed by atoms with Crippen molar-refractivity contribution < 1.29 is 31.4 Å². The Bertz CT molecular complexity index is 557. The van der Waals surface area contributed by atoms with E-state index in [-0.39, 0.29) is 0 Å². The molecule has 0 heterocycles. The van der Waals surface area contributed by atoms with Crippen molar-refractivity contribution in [1.82, 2.24) is 0 Å². The minimum Gasteiger partial charge on any atom is -0.351 e. The smallest absolute Gasteiger partial charge is 0.351 e. The third-order valence-corrected chi connectivity index (χ3v) is 8.64. The van der Waals surface area contributed by atoms with E-state index < -0.39 is 40.3 Å². The SMILES string of the molecule is CC(C)(C)O[Si](N=C=O)(OC(C)(C)C)O[Si](N=C=O)(OC(C)(C)C)OC(C)(C)C. The van der Waals surface area contributed by atoms with Gasteiger partial charge in [0.05, 0.1) is 22.4 Å². The zero-order valence-electron chi connectivity index (χ0n) is 19.8. The molecule has 11 heteroatoms. The quantitative estimate of drug-likeness (QED) is 0.316. The fourth-order valence-corrected chi connectivity index (χ4v) is 8.01. The molecular weight excluding hydrogens is 412 g/mol. The van der Waals surface area contributed by atoms with Crippen LogP contribution in [-0.2, 0) is 31.4 Å². The molecular formula is C18H36N2O7Si2. The van der Waals surface area contributed by atoms with E-state index in [1.54, 1.807) is 83.1 Å². The van der Waals surface area contributed by atoms with Crippen LogP contribution in [0.3, 0.4) is 0 Å². The lowest BCUT2D eigenvalue weighted by Gasteiger charge is -2.41. The molecule has 0 fully saturated rings. The van der Waals surface area contributed by atoms with Crippen LogP contribution in [0.5, 0.6) is 0 Å². The molecule has 0 unspecified atom stereocenters. The minimum atomic E-state index is -4.20. The molecule has 0 amide bonds. The van der Waals surface area contributed by atoms with Crippen molar-refractivity contribution >= 4 is 30.1 Å². The lowest BCUT2D eigenvalue weighted by atomic mass is 10.2. The summed E-state index contributed by atoms with van der Waals surface area (Å²) in [6.07, 6.45) is 2.95. The standard InChI is InChI=1S/C18H36N2O7Si2/c1-15(2,3)23-28(19-13-21,24-16(4,5)6)27-29(20-14-22,25-17(7,8)9)26-18(10,11)12/h1-12H3. The number of hydrogen-bond donors (Lipinski definition) is 0. The number of hydrogen-bond acceptors (Lipinski definition) is 9. The highest BCUT2D eigenvalue weighted by molar-refractivity contribution is 6.74. The highest BCUT2D eigenvalue weighted by Crippen LogP contribution is 2.33. The number of rotatable bonds is 8. The summed E-state index contributed by atoms with van der Waals surface area (Å²) in [6.45, 7) is 21.1. The van der Waals surface area contributed by atoms with Gasteiger partial charge >= 0.3 is 17.9 Å². The van der Waals surface area contributed by atoms with E-state index in [0.29, 0.717) is 0 Å². The van der Waals surface area contributed by atoms with Crippen LogP contribution >= 0.6 is 0 Å². The zero-order chi connectivity index (χ0) is 23.4. The topological polar surface area (TPSA) is 105 Å². The van der Waals surface area contributed by atoms with Gasteiger partial charge < -0.3 is 21.8 Å². The molecule has 0 aromatic rings. The summed E-state index contributed by atoms with van der Waals surface area (Å²) in [5.74, 6) is 0. The average Bonchev–Trinajstić information content (AvgIpc) is 2.28. The molecule has 0 aliphatic rings. The molecule has 0 aromatic heterocycles. The van der Waals surface area contributed by atoms with E-state index in [1.165, 1.54) is 12.2 Å². The van der Waals surface area contributed by atoms with Crippen molar-refractivity contribution in [3.8, 4) is 0 Å². The first-order valence-electron chi connectivity index (χ1n) is 9.34. The van der Waals surface area contributed by atoms with Gasteiger partial charge in [0.25, 0.3) is 0 Å². The maximum absolute atomic E-state index is 11.3. The molecule has 0 aliphatic heterocycles. The van der Waals surface area contributed by atoms with Gasteiger partial charge in [-0.25, -0.2) is 9.59 Å². The average molecular weight is 449 g/mol. The summed E-state index contributed by atoms with van der Waals surface area (Å²) in [4.78, 5) is 22.7. The fraction of sp³-hybridized carbons (Fsp3) is 0.889. The second-order valence-electron chi connectivity index (χ2n) is 10.4. The molecule has 0 aliphatic carbocycles. The lowest BCUT2D eigenvalue weighted by molar-refractivity contribution is -0.0668. The van der Waals surface area contributed by atoms with E-state index in [9.17, 15) is 9.59 Å². The van der Waals surface area contributed by atoms with E-state index >= 15 is 0 Å². The van der Waals surface area contributed by atoms with E-state index in [1.807, 2.05) is 0 Å². The first kappa shape index (κ1) is 28.0. The molecule has 0 bridgehead atoms. The van der Waals surface area contributed by atoms with Gasteiger partial charge in [0.2, 0.25) is 12.2 Å². The van der Waals surface area contributed by atoms with Crippen molar-refractivity contribution in [2.75, 3.05) is 0 Å². The van der Waals surface area contributed by atoms with Crippen LogP contribution in [0.15, 0.2) is 9.32 Å². The van der Waals surface area contributed by atoms with Gasteiger partial charge in [-0.05, 0) is 83.1 Å². The van der Waals surface area contributed by atoms with E-state index in [0.717, 1.165) is 0 Å². The number of isocyanates is 2. The van der Waals surface area contributed by atoms with Crippen molar-refractivity contribution in [3.05, 3.63) is 0 Å². The van der Waals surface area contributed by atoms with Crippen LogP contribution in [0, 0.1) is 0 Å². The maximum Gasteiger partial charge on any atom is 0.658 e. The Hall–Kier alpha value is -1.01. The Kier molecular flexibility index (Phi) is 9.10. The molecule has 9 nitrogen and oxygen atoms in total. The second-order valence-corrected chi connectivity index (χ2v) is 14.6. The number of carbonyl (C=O) groups excluding carboxylic acids is 2. The third kappa shape index (κ3) is 12.3. The van der Waals surface area contributed by atoms with Crippen LogP contribution < -0.4 is 0 Å². The summed E-state index contributed by atoms with van der Waals surface area (Å²) >= 11 is 0. The predicted molar refractivity (Wildman–Crippen MR) is 112 cm³/mol. The minimum absolute atomic E-state index is 0.813. The Morgan fingerprint density at radius 2 is 0.724 bits per heavy atom. The monoisotopic (exact) mass is 448 g/mol. The normalized spacial score (nSPS) is 14.2. The van der Waals surface area contributed by atoms with Crippen LogP contribution in [-0.4, -0.2) is 52.5 Å². The van der Waals surface area contributed by atoms with Crippen LogP contribution in [0.25, 0.3) is 0 Å². The first-order valence-corrected chi connectivity index (χ1v) is 12.7. The van der Waals surface area contributed by atoms with Crippen LogP contribution in [0.2, 0.25) is 0 Å². The van der Waals surface area contributed by atoms with Crippen molar-refractivity contribution in [1.29, 1.82) is 0 Å².